The summed E-state index contributed by atoms with van der Waals surface area (Å²) in [4.78, 5) is 29.8. The molecule has 124 valence electrons. The SMILES string of the molecule is O=C(O)C1CN(C(=O)CCc2ccncc2)CC12CCOCC2. The van der Waals surface area contributed by atoms with Crippen molar-refractivity contribution >= 4 is 11.9 Å². The fourth-order valence-electron chi connectivity index (χ4n) is 3.74. The van der Waals surface area contributed by atoms with Gasteiger partial charge in [0.25, 0.3) is 0 Å². The number of amides is 1. The normalized spacial score (nSPS) is 23.1. The number of aliphatic carboxylic acids is 1. The third-order valence-electron chi connectivity index (χ3n) is 5.16. The van der Waals surface area contributed by atoms with Crippen molar-refractivity contribution < 1.29 is 19.4 Å². The number of rotatable bonds is 4. The Kier molecular flexibility index (Phi) is 4.61. The van der Waals surface area contributed by atoms with Crippen molar-refractivity contribution in [2.45, 2.75) is 25.7 Å². The second-order valence-corrected chi connectivity index (χ2v) is 6.50. The molecule has 0 radical (unpaired) electrons. The summed E-state index contributed by atoms with van der Waals surface area (Å²) in [6.07, 6.45) is 5.94. The van der Waals surface area contributed by atoms with Crippen molar-refractivity contribution in [1.29, 1.82) is 0 Å². The number of hydrogen-bond acceptors (Lipinski definition) is 4. The second-order valence-electron chi connectivity index (χ2n) is 6.50. The van der Waals surface area contributed by atoms with E-state index in [-0.39, 0.29) is 11.3 Å². The average molecular weight is 318 g/mol. The van der Waals surface area contributed by atoms with Crippen LogP contribution < -0.4 is 0 Å². The van der Waals surface area contributed by atoms with Crippen LogP contribution in [0.5, 0.6) is 0 Å². The van der Waals surface area contributed by atoms with Crippen LogP contribution in [-0.4, -0.2) is 53.2 Å². The smallest absolute Gasteiger partial charge is 0.308 e. The van der Waals surface area contributed by atoms with Crippen molar-refractivity contribution in [2.24, 2.45) is 11.3 Å². The summed E-state index contributed by atoms with van der Waals surface area (Å²) in [5.41, 5.74) is 0.763. The Balaban J connectivity index is 1.64. The van der Waals surface area contributed by atoms with Crippen LogP contribution in [0, 0.1) is 11.3 Å². The molecule has 1 atom stereocenters. The van der Waals surface area contributed by atoms with E-state index >= 15 is 0 Å². The zero-order chi connectivity index (χ0) is 16.3. The van der Waals surface area contributed by atoms with Gasteiger partial charge < -0.3 is 14.7 Å². The molecule has 3 heterocycles. The molecule has 1 aromatic rings. The number of aryl methyl sites for hydroxylation is 1. The second kappa shape index (κ2) is 6.66. The van der Waals surface area contributed by atoms with Gasteiger partial charge in [-0.25, -0.2) is 0 Å². The molecular weight excluding hydrogens is 296 g/mol. The number of ether oxygens (including phenoxy) is 1. The lowest BCUT2D eigenvalue weighted by atomic mass is 9.72. The molecule has 1 amide bonds. The van der Waals surface area contributed by atoms with Crippen LogP contribution >= 0.6 is 0 Å². The molecule has 0 saturated carbocycles. The van der Waals surface area contributed by atoms with Gasteiger partial charge in [-0.1, -0.05) is 0 Å². The van der Waals surface area contributed by atoms with Gasteiger partial charge in [0.15, 0.2) is 0 Å². The van der Waals surface area contributed by atoms with E-state index in [0.29, 0.717) is 39.1 Å². The minimum Gasteiger partial charge on any atom is -0.481 e. The highest BCUT2D eigenvalue weighted by Gasteiger charge is 2.51. The van der Waals surface area contributed by atoms with Crippen molar-refractivity contribution in [1.82, 2.24) is 9.88 Å². The summed E-state index contributed by atoms with van der Waals surface area (Å²) in [5, 5.41) is 9.55. The molecule has 6 nitrogen and oxygen atoms in total. The fraction of sp³-hybridized carbons (Fsp3) is 0.588. The van der Waals surface area contributed by atoms with Gasteiger partial charge in [0.1, 0.15) is 0 Å². The van der Waals surface area contributed by atoms with E-state index in [4.69, 9.17) is 4.74 Å². The minimum atomic E-state index is -0.795. The van der Waals surface area contributed by atoms with Gasteiger partial charge in [0.05, 0.1) is 5.92 Å². The number of carboxylic acids is 1. The summed E-state index contributed by atoms with van der Waals surface area (Å²) in [6.45, 7) is 2.04. The quantitative estimate of drug-likeness (QED) is 0.906. The van der Waals surface area contributed by atoms with E-state index in [1.54, 1.807) is 17.3 Å². The molecule has 0 aromatic carbocycles. The zero-order valence-electron chi connectivity index (χ0n) is 13.1. The molecule has 23 heavy (non-hydrogen) atoms. The largest absolute Gasteiger partial charge is 0.481 e. The first-order valence-corrected chi connectivity index (χ1v) is 8.08. The van der Waals surface area contributed by atoms with Gasteiger partial charge in [-0.3, -0.25) is 14.6 Å². The molecule has 0 aliphatic carbocycles. The molecule has 1 N–H and O–H groups in total. The number of hydrogen-bond donors (Lipinski definition) is 1. The van der Waals surface area contributed by atoms with Gasteiger partial charge in [0, 0.05) is 50.5 Å². The first-order chi connectivity index (χ1) is 11.1. The first kappa shape index (κ1) is 15.9. The molecule has 2 fully saturated rings. The molecule has 1 unspecified atom stereocenters. The van der Waals surface area contributed by atoms with Gasteiger partial charge in [-0.2, -0.15) is 0 Å². The van der Waals surface area contributed by atoms with Gasteiger partial charge in [-0.15, -0.1) is 0 Å². The van der Waals surface area contributed by atoms with Gasteiger partial charge in [0.2, 0.25) is 5.91 Å². The number of nitrogens with zero attached hydrogens (tertiary/aromatic N) is 2. The van der Waals surface area contributed by atoms with Crippen molar-refractivity contribution in [3.05, 3.63) is 30.1 Å². The van der Waals surface area contributed by atoms with Crippen LogP contribution in [0.25, 0.3) is 0 Å². The lowest BCUT2D eigenvalue weighted by Gasteiger charge is -2.36. The number of pyridine rings is 1. The topological polar surface area (TPSA) is 79.7 Å². The van der Waals surface area contributed by atoms with Crippen LogP contribution in [0.3, 0.4) is 0 Å². The molecule has 2 saturated heterocycles. The van der Waals surface area contributed by atoms with Crippen LogP contribution in [0.4, 0.5) is 0 Å². The predicted octanol–water partition coefficient (Wildman–Crippen LogP) is 1.35. The van der Waals surface area contributed by atoms with Gasteiger partial charge in [-0.05, 0) is 37.0 Å². The zero-order valence-corrected chi connectivity index (χ0v) is 13.1. The van der Waals surface area contributed by atoms with Crippen molar-refractivity contribution in [3.8, 4) is 0 Å². The molecular formula is C17H22N2O4. The maximum absolute atomic E-state index is 12.5. The molecule has 1 aromatic heterocycles. The average Bonchev–Trinajstić information content (AvgIpc) is 2.93. The number of carboxylic acid groups (broad SMARTS) is 1. The fourth-order valence-corrected chi connectivity index (χ4v) is 3.74. The Morgan fingerprint density at radius 2 is 2.00 bits per heavy atom. The maximum Gasteiger partial charge on any atom is 0.308 e. The number of aromatic nitrogens is 1. The highest BCUT2D eigenvalue weighted by atomic mass is 16.5. The first-order valence-electron chi connectivity index (χ1n) is 8.08. The molecule has 0 bridgehead atoms. The Hall–Kier alpha value is -1.95. The molecule has 6 heteroatoms. The van der Waals surface area contributed by atoms with Gasteiger partial charge >= 0.3 is 5.97 Å². The predicted molar refractivity (Wildman–Crippen MR) is 82.7 cm³/mol. The van der Waals surface area contributed by atoms with E-state index in [1.807, 2.05) is 12.1 Å². The Morgan fingerprint density at radius 3 is 2.65 bits per heavy atom. The van der Waals surface area contributed by atoms with E-state index in [2.05, 4.69) is 4.98 Å². The lowest BCUT2D eigenvalue weighted by molar-refractivity contribution is -0.146. The van der Waals surface area contributed by atoms with Crippen LogP contribution in [0.2, 0.25) is 0 Å². The van der Waals surface area contributed by atoms with Crippen LogP contribution in [0.1, 0.15) is 24.8 Å². The monoisotopic (exact) mass is 318 g/mol. The summed E-state index contributed by atoms with van der Waals surface area (Å²) in [6, 6.07) is 3.80. The maximum atomic E-state index is 12.5. The standard InChI is InChI=1S/C17H22N2O4/c20-15(2-1-13-3-7-18-8-4-13)19-11-14(16(21)22)17(12-19)5-9-23-10-6-17/h3-4,7-8,14H,1-2,5-6,9-12H2,(H,21,22). The highest BCUT2D eigenvalue weighted by Crippen LogP contribution is 2.44. The summed E-state index contributed by atoms with van der Waals surface area (Å²) >= 11 is 0. The number of likely N-dealkylation sites (tertiary alicyclic amines) is 1. The Bertz CT molecular complexity index is 569. The molecule has 2 aliphatic rings. The summed E-state index contributed by atoms with van der Waals surface area (Å²) < 4.78 is 5.38. The van der Waals surface area contributed by atoms with Crippen molar-refractivity contribution in [3.63, 3.8) is 0 Å². The van der Waals surface area contributed by atoms with E-state index < -0.39 is 11.9 Å². The summed E-state index contributed by atoms with van der Waals surface area (Å²) in [5.74, 6) is -1.23. The Morgan fingerprint density at radius 1 is 1.30 bits per heavy atom. The third kappa shape index (κ3) is 3.37. The third-order valence-corrected chi connectivity index (χ3v) is 5.16. The lowest BCUT2D eigenvalue weighted by Crippen LogP contribution is -2.40. The number of carbonyl (C=O) groups excluding carboxylic acids is 1. The summed E-state index contributed by atoms with van der Waals surface area (Å²) in [7, 11) is 0. The van der Waals surface area contributed by atoms with E-state index in [1.165, 1.54) is 0 Å². The van der Waals surface area contributed by atoms with Crippen LogP contribution in [0.15, 0.2) is 24.5 Å². The minimum absolute atomic E-state index is 0.0384. The molecule has 2 aliphatic heterocycles. The van der Waals surface area contributed by atoms with Crippen molar-refractivity contribution in [2.75, 3.05) is 26.3 Å². The number of carbonyl (C=O) groups is 2. The van der Waals surface area contributed by atoms with E-state index in [9.17, 15) is 14.7 Å². The highest BCUT2D eigenvalue weighted by molar-refractivity contribution is 5.79. The van der Waals surface area contributed by atoms with Crippen LogP contribution in [-0.2, 0) is 20.7 Å². The molecule has 3 rings (SSSR count). The Labute approximate surface area is 135 Å². The molecule has 1 spiro atoms. The van der Waals surface area contributed by atoms with E-state index in [0.717, 1.165) is 18.4 Å².